The molecule has 0 unspecified atom stereocenters. The molecule has 4 N–H and O–H groups in total. The standard InChI is InChI=1S/C25H24N4O/c1-19(30)29(24-7-3-2-4-8-24)18-21-11-9-20(10-12-21)6-5-17-28-23-15-13-22(14-16-23)25(26)27/h2-4,7-16,28H,17-18H2,1H3,(H3,26,27). The largest absolute Gasteiger partial charge is 0.384 e. The highest BCUT2D eigenvalue weighted by molar-refractivity contribution is 5.95. The summed E-state index contributed by atoms with van der Waals surface area (Å²) in [6.45, 7) is 2.60. The van der Waals surface area contributed by atoms with E-state index in [1.54, 1.807) is 24.0 Å². The Hall–Kier alpha value is -4.04. The molecule has 0 radical (unpaired) electrons. The second-order valence-corrected chi connectivity index (χ2v) is 6.78. The summed E-state index contributed by atoms with van der Waals surface area (Å²) in [7, 11) is 0. The van der Waals surface area contributed by atoms with Gasteiger partial charge in [0.05, 0.1) is 13.1 Å². The number of benzene rings is 3. The van der Waals surface area contributed by atoms with Crippen LogP contribution in [0.5, 0.6) is 0 Å². The maximum Gasteiger partial charge on any atom is 0.224 e. The molecular formula is C25H24N4O. The molecule has 3 aromatic rings. The Labute approximate surface area is 177 Å². The number of nitrogens with two attached hydrogens (primary N) is 1. The Bertz CT molecular complexity index is 1060. The zero-order valence-electron chi connectivity index (χ0n) is 16.9. The van der Waals surface area contributed by atoms with Crippen LogP contribution in [0.1, 0.15) is 23.6 Å². The van der Waals surface area contributed by atoms with Crippen LogP contribution in [0.2, 0.25) is 0 Å². The number of carbonyl (C=O) groups is 1. The zero-order chi connectivity index (χ0) is 21.3. The minimum Gasteiger partial charge on any atom is -0.384 e. The van der Waals surface area contributed by atoms with E-state index in [2.05, 4.69) is 17.2 Å². The molecule has 0 fully saturated rings. The number of carbonyl (C=O) groups excluding carboxylic acids is 1. The molecule has 0 aliphatic rings. The maximum atomic E-state index is 12.0. The van der Waals surface area contributed by atoms with Crippen LogP contribution in [-0.4, -0.2) is 18.3 Å². The lowest BCUT2D eigenvalue weighted by atomic mass is 10.1. The molecule has 0 atom stereocenters. The summed E-state index contributed by atoms with van der Waals surface area (Å²) in [5.41, 5.74) is 9.92. The molecule has 5 nitrogen and oxygen atoms in total. The average Bonchev–Trinajstić information content (AvgIpc) is 2.76. The summed E-state index contributed by atoms with van der Waals surface area (Å²) < 4.78 is 0. The Morgan fingerprint density at radius 3 is 2.27 bits per heavy atom. The molecule has 5 heteroatoms. The Balaban J connectivity index is 1.57. The van der Waals surface area contributed by atoms with Gasteiger partial charge in [-0.1, -0.05) is 42.2 Å². The van der Waals surface area contributed by atoms with E-state index in [1.807, 2.05) is 66.7 Å². The van der Waals surface area contributed by atoms with Gasteiger partial charge in [0.1, 0.15) is 5.84 Å². The van der Waals surface area contributed by atoms with Crippen molar-refractivity contribution in [3.63, 3.8) is 0 Å². The summed E-state index contributed by atoms with van der Waals surface area (Å²) in [5.74, 6) is 6.29. The third-order valence-electron chi connectivity index (χ3n) is 4.55. The maximum absolute atomic E-state index is 12.0. The lowest BCUT2D eigenvalue weighted by Gasteiger charge is -2.21. The van der Waals surface area contributed by atoms with Crippen molar-refractivity contribution >= 4 is 23.1 Å². The molecule has 1 amide bonds. The Morgan fingerprint density at radius 2 is 1.67 bits per heavy atom. The van der Waals surface area contributed by atoms with Crippen molar-refractivity contribution in [3.8, 4) is 11.8 Å². The molecule has 0 spiro atoms. The van der Waals surface area contributed by atoms with Crippen molar-refractivity contribution in [3.05, 3.63) is 95.6 Å². The highest BCUT2D eigenvalue weighted by Gasteiger charge is 2.11. The van der Waals surface area contributed by atoms with Crippen molar-refractivity contribution in [2.45, 2.75) is 13.5 Å². The SMILES string of the molecule is CC(=O)N(Cc1ccc(C#CCNc2ccc(C(=N)N)cc2)cc1)c1ccccc1. The van der Waals surface area contributed by atoms with Gasteiger partial charge in [0.15, 0.2) is 0 Å². The van der Waals surface area contributed by atoms with Gasteiger partial charge in [-0.3, -0.25) is 10.2 Å². The average molecular weight is 396 g/mol. The van der Waals surface area contributed by atoms with Crippen LogP contribution in [0, 0.1) is 17.3 Å². The van der Waals surface area contributed by atoms with Gasteiger partial charge in [0, 0.05) is 29.4 Å². The number of nitrogens with one attached hydrogen (secondary N) is 2. The van der Waals surface area contributed by atoms with Crippen molar-refractivity contribution in [1.29, 1.82) is 5.41 Å². The van der Waals surface area contributed by atoms with Crippen molar-refractivity contribution in [2.24, 2.45) is 5.73 Å². The lowest BCUT2D eigenvalue weighted by molar-refractivity contribution is -0.116. The van der Waals surface area contributed by atoms with Gasteiger partial charge in [0.2, 0.25) is 5.91 Å². The van der Waals surface area contributed by atoms with E-state index >= 15 is 0 Å². The first-order valence-electron chi connectivity index (χ1n) is 9.62. The molecule has 0 saturated carbocycles. The van der Waals surface area contributed by atoms with Crippen LogP contribution in [0.15, 0.2) is 78.9 Å². The second-order valence-electron chi connectivity index (χ2n) is 6.78. The van der Waals surface area contributed by atoms with Crippen molar-refractivity contribution in [2.75, 3.05) is 16.8 Å². The van der Waals surface area contributed by atoms with Gasteiger partial charge >= 0.3 is 0 Å². The molecular weight excluding hydrogens is 372 g/mol. The normalized spacial score (nSPS) is 9.90. The minimum absolute atomic E-state index is 0.00692. The monoisotopic (exact) mass is 396 g/mol. The summed E-state index contributed by atoms with van der Waals surface area (Å²) in [5, 5.41) is 10.6. The third kappa shape index (κ3) is 5.73. The van der Waals surface area contributed by atoms with Crippen molar-refractivity contribution in [1.82, 2.24) is 0 Å². The number of anilines is 2. The smallest absolute Gasteiger partial charge is 0.224 e. The number of rotatable bonds is 6. The molecule has 3 aromatic carbocycles. The van der Waals surface area contributed by atoms with Crippen LogP contribution >= 0.6 is 0 Å². The number of para-hydroxylation sites is 1. The van der Waals surface area contributed by atoms with E-state index in [0.29, 0.717) is 18.7 Å². The van der Waals surface area contributed by atoms with Gasteiger partial charge in [-0.2, -0.15) is 0 Å². The van der Waals surface area contributed by atoms with Crippen LogP contribution < -0.4 is 16.0 Å². The topological polar surface area (TPSA) is 82.2 Å². The fourth-order valence-corrected chi connectivity index (χ4v) is 2.93. The van der Waals surface area contributed by atoms with Gasteiger partial charge in [0.25, 0.3) is 0 Å². The summed E-state index contributed by atoms with van der Waals surface area (Å²) in [4.78, 5) is 13.8. The fraction of sp³-hybridized carbons (Fsp3) is 0.120. The zero-order valence-corrected chi connectivity index (χ0v) is 16.9. The number of nitrogens with zero attached hydrogens (tertiary/aromatic N) is 1. The molecule has 3 rings (SSSR count). The highest BCUT2D eigenvalue weighted by atomic mass is 16.2. The predicted molar refractivity (Wildman–Crippen MR) is 123 cm³/mol. The fourth-order valence-electron chi connectivity index (χ4n) is 2.93. The first kappa shape index (κ1) is 20.7. The van der Waals surface area contributed by atoms with Crippen LogP contribution in [0.4, 0.5) is 11.4 Å². The van der Waals surface area contributed by atoms with E-state index in [4.69, 9.17) is 11.1 Å². The predicted octanol–water partition coefficient (Wildman–Crippen LogP) is 3.99. The summed E-state index contributed by atoms with van der Waals surface area (Å²) in [6, 6.07) is 24.9. The summed E-state index contributed by atoms with van der Waals surface area (Å²) in [6.07, 6.45) is 0. The molecule has 0 aliphatic heterocycles. The number of hydrogen-bond acceptors (Lipinski definition) is 3. The molecule has 0 saturated heterocycles. The van der Waals surface area contributed by atoms with Crippen LogP contribution in [0.3, 0.4) is 0 Å². The number of amides is 1. The lowest BCUT2D eigenvalue weighted by Crippen LogP contribution is -2.27. The van der Waals surface area contributed by atoms with Crippen LogP contribution in [-0.2, 0) is 11.3 Å². The highest BCUT2D eigenvalue weighted by Crippen LogP contribution is 2.17. The van der Waals surface area contributed by atoms with Gasteiger partial charge in [-0.15, -0.1) is 0 Å². The first-order valence-corrected chi connectivity index (χ1v) is 9.62. The van der Waals surface area contributed by atoms with Gasteiger partial charge in [-0.05, 0) is 54.1 Å². The Kier molecular flexibility index (Phi) is 6.86. The van der Waals surface area contributed by atoms with E-state index < -0.39 is 0 Å². The van der Waals surface area contributed by atoms with E-state index in [0.717, 1.165) is 22.5 Å². The number of hydrogen-bond donors (Lipinski definition) is 3. The molecule has 150 valence electrons. The van der Waals surface area contributed by atoms with E-state index in [-0.39, 0.29) is 11.7 Å². The second kappa shape index (κ2) is 9.94. The molecule has 0 heterocycles. The quantitative estimate of drug-likeness (QED) is 0.335. The first-order chi connectivity index (χ1) is 14.5. The summed E-state index contributed by atoms with van der Waals surface area (Å²) >= 11 is 0. The van der Waals surface area contributed by atoms with E-state index in [9.17, 15) is 4.79 Å². The molecule has 0 aliphatic carbocycles. The molecule has 0 aromatic heterocycles. The third-order valence-corrected chi connectivity index (χ3v) is 4.55. The van der Waals surface area contributed by atoms with Crippen molar-refractivity contribution < 1.29 is 4.79 Å². The van der Waals surface area contributed by atoms with Crippen LogP contribution in [0.25, 0.3) is 0 Å². The molecule has 0 bridgehead atoms. The minimum atomic E-state index is 0.00692. The Morgan fingerprint density at radius 1 is 1.00 bits per heavy atom. The molecule has 30 heavy (non-hydrogen) atoms. The number of nitrogen functional groups attached to an aromatic ring is 1. The number of amidine groups is 1. The van der Waals surface area contributed by atoms with Gasteiger partial charge < -0.3 is 16.0 Å². The van der Waals surface area contributed by atoms with Gasteiger partial charge in [-0.25, -0.2) is 0 Å². The van der Waals surface area contributed by atoms with E-state index in [1.165, 1.54) is 0 Å².